The van der Waals surface area contributed by atoms with Crippen LogP contribution in [0.5, 0.6) is 0 Å². The van der Waals surface area contributed by atoms with Crippen LogP contribution in [0.25, 0.3) is 0 Å². The lowest BCUT2D eigenvalue weighted by Gasteiger charge is -2.29. The predicted octanol–water partition coefficient (Wildman–Crippen LogP) is 2.47. The molecule has 2 aromatic rings. The van der Waals surface area contributed by atoms with Crippen molar-refractivity contribution >= 4 is 29.1 Å². The number of benzene rings is 2. The lowest BCUT2D eigenvalue weighted by atomic mass is 9.88. The fourth-order valence-corrected chi connectivity index (χ4v) is 4.13. The third-order valence-electron chi connectivity index (χ3n) is 6.08. The van der Waals surface area contributed by atoms with E-state index in [9.17, 15) is 19.5 Å². The van der Waals surface area contributed by atoms with Gasteiger partial charge in [0.15, 0.2) is 0 Å². The maximum atomic E-state index is 12.4. The molecule has 1 saturated heterocycles. The second kappa shape index (κ2) is 8.51. The van der Waals surface area contributed by atoms with Crippen LogP contribution in [0, 0.1) is 12.8 Å². The Balaban J connectivity index is 1.41. The Hall–Kier alpha value is -3.19. The van der Waals surface area contributed by atoms with Crippen LogP contribution in [0.2, 0.25) is 0 Å². The monoisotopic (exact) mass is 421 g/mol. The van der Waals surface area contributed by atoms with Gasteiger partial charge in [0.05, 0.1) is 6.54 Å². The van der Waals surface area contributed by atoms with Crippen LogP contribution in [-0.4, -0.2) is 35.9 Å². The molecule has 1 aliphatic heterocycles. The molecule has 0 bridgehead atoms. The molecule has 0 radical (unpaired) electrons. The number of hydrogen-bond acceptors (Lipinski definition) is 4. The largest absolute Gasteiger partial charge is 0.383 e. The van der Waals surface area contributed by atoms with Gasteiger partial charge >= 0.3 is 11.8 Å². The molecule has 1 heterocycles. The molecule has 1 saturated carbocycles. The number of carbonyl (C=O) groups is 3. The van der Waals surface area contributed by atoms with Crippen LogP contribution in [-0.2, 0) is 20.0 Å². The average molecular weight is 421 g/mol. The van der Waals surface area contributed by atoms with Gasteiger partial charge in [-0.15, -0.1) is 0 Å². The molecular weight excluding hydrogens is 394 g/mol. The van der Waals surface area contributed by atoms with Crippen molar-refractivity contribution in [2.75, 3.05) is 23.3 Å². The van der Waals surface area contributed by atoms with Crippen molar-refractivity contribution in [2.24, 2.45) is 5.92 Å². The van der Waals surface area contributed by atoms with Gasteiger partial charge in [0.25, 0.3) is 0 Å². The van der Waals surface area contributed by atoms with E-state index in [1.54, 1.807) is 17.0 Å². The Kier molecular flexibility index (Phi) is 5.78. The number of hydrogen-bond donors (Lipinski definition) is 3. The minimum Gasteiger partial charge on any atom is -0.383 e. The summed E-state index contributed by atoms with van der Waals surface area (Å²) in [6, 6.07) is 14.5. The number of anilines is 2. The molecule has 1 aliphatic carbocycles. The Labute approximate surface area is 181 Å². The summed E-state index contributed by atoms with van der Waals surface area (Å²) >= 11 is 0. The number of rotatable bonds is 6. The third kappa shape index (κ3) is 4.46. The minimum atomic E-state index is -1.19. The summed E-state index contributed by atoms with van der Waals surface area (Å²) in [5, 5.41) is 16.4. The lowest BCUT2D eigenvalue weighted by Crippen LogP contribution is -2.45. The second-order valence-electron chi connectivity index (χ2n) is 8.35. The molecule has 162 valence electrons. The first-order chi connectivity index (χ1) is 14.9. The zero-order chi connectivity index (χ0) is 22.0. The van der Waals surface area contributed by atoms with E-state index in [1.807, 2.05) is 43.3 Å². The van der Waals surface area contributed by atoms with Crippen molar-refractivity contribution in [3.63, 3.8) is 0 Å². The highest BCUT2D eigenvalue weighted by Gasteiger charge is 2.45. The van der Waals surface area contributed by atoms with Gasteiger partial charge in [0, 0.05) is 24.3 Å². The summed E-state index contributed by atoms with van der Waals surface area (Å²) in [6.45, 7) is 2.52. The second-order valence-corrected chi connectivity index (χ2v) is 8.35. The first-order valence-corrected chi connectivity index (χ1v) is 10.7. The number of nitrogens with one attached hydrogen (secondary N) is 2. The summed E-state index contributed by atoms with van der Waals surface area (Å²) in [6.07, 6.45) is 3.09. The lowest BCUT2D eigenvalue weighted by molar-refractivity contribution is -0.137. The van der Waals surface area contributed by atoms with Crippen LogP contribution >= 0.6 is 0 Å². The predicted molar refractivity (Wildman–Crippen MR) is 117 cm³/mol. The van der Waals surface area contributed by atoms with Crippen LogP contribution in [0.4, 0.5) is 11.4 Å². The van der Waals surface area contributed by atoms with Crippen molar-refractivity contribution in [1.29, 1.82) is 0 Å². The van der Waals surface area contributed by atoms with E-state index in [0.717, 1.165) is 36.1 Å². The molecule has 3 N–H and O–H groups in total. The fourth-order valence-electron chi connectivity index (χ4n) is 4.13. The molecule has 0 aromatic heterocycles. The van der Waals surface area contributed by atoms with Crippen molar-refractivity contribution in [2.45, 2.75) is 38.2 Å². The van der Waals surface area contributed by atoms with Gasteiger partial charge in [-0.1, -0.05) is 36.4 Å². The number of aliphatic hydroxyl groups is 1. The number of carbonyl (C=O) groups excluding carboxylic acids is 3. The van der Waals surface area contributed by atoms with E-state index < -0.39 is 17.4 Å². The number of nitrogens with zero attached hydrogens (tertiary/aromatic N) is 1. The molecule has 0 unspecified atom stereocenters. The summed E-state index contributed by atoms with van der Waals surface area (Å²) in [4.78, 5) is 38.7. The zero-order valence-electron chi connectivity index (χ0n) is 17.6. The molecule has 7 heteroatoms. The topological polar surface area (TPSA) is 98.7 Å². The zero-order valence-corrected chi connectivity index (χ0v) is 17.6. The highest BCUT2D eigenvalue weighted by molar-refractivity contribution is 6.39. The van der Waals surface area contributed by atoms with Gasteiger partial charge in [-0.05, 0) is 55.4 Å². The molecule has 2 aliphatic rings. The SMILES string of the molecule is Cc1ccc(NC(=O)C(=O)NC[C@](O)(c2ccccc2)C2CC2)cc1N1CCCC1=O. The van der Waals surface area contributed by atoms with Gasteiger partial charge in [-0.3, -0.25) is 14.4 Å². The third-order valence-corrected chi connectivity index (χ3v) is 6.08. The van der Waals surface area contributed by atoms with E-state index in [2.05, 4.69) is 10.6 Å². The van der Waals surface area contributed by atoms with Crippen molar-refractivity contribution in [1.82, 2.24) is 5.32 Å². The Morgan fingerprint density at radius 2 is 1.87 bits per heavy atom. The van der Waals surface area contributed by atoms with E-state index in [0.29, 0.717) is 18.7 Å². The highest BCUT2D eigenvalue weighted by atomic mass is 16.3. The van der Waals surface area contributed by atoms with Crippen LogP contribution in [0.3, 0.4) is 0 Å². The first kappa shape index (κ1) is 21.1. The Morgan fingerprint density at radius 3 is 2.52 bits per heavy atom. The van der Waals surface area contributed by atoms with Crippen LogP contribution < -0.4 is 15.5 Å². The van der Waals surface area contributed by atoms with Crippen molar-refractivity contribution < 1.29 is 19.5 Å². The standard InChI is InChI=1S/C24H27N3O4/c1-16-9-12-19(14-20(16)27-13-5-8-21(27)28)26-23(30)22(29)25-15-24(31,18-10-11-18)17-6-3-2-4-7-17/h2-4,6-7,9,12,14,18,31H,5,8,10-11,13,15H2,1H3,(H,25,29)(H,26,30)/t24-/m0/s1. The van der Waals surface area contributed by atoms with Gasteiger partial charge in [-0.2, -0.15) is 0 Å². The first-order valence-electron chi connectivity index (χ1n) is 10.7. The maximum Gasteiger partial charge on any atom is 0.313 e. The molecule has 2 aromatic carbocycles. The van der Waals surface area contributed by atoms with Crippen LogP contribution in [0.15, 0.2) is 48.5 Å². The average Bonchev–Trinajstić information content (AvgIpc) is 3.55. The van der Waals surface area contributed by atoms with E-state index in [1.165, 1.54) is 0 Å². The van der Waals surface area contributed by atoms with Gasteiger partial charge < -0.3 is 20.6 Å². The molecular formula is C24H27N3O4. The van der Waals surface area contributed by atoms with Gasteiger partial charge in [0.2, 0.25) is 5.91 Å². The van der Waals surface area contributed by atoms with E-state index >= 15 is 0 Å². The highest BCUT2D eigenvalue weighted by Crippen LogP contribution is 2.45. The summed E-state index contributed by atoms with van der Waals surface area (Å²) < 4.78 is 0. The smallest absolute Gasteiger partial charge is 0.313 e. The summed E-state index contributed by atoms with van der Waals surface area (Å²) in [5.41, 5.74) is 1.66. The minimum absolute atomic E-state index is 0.0324. The van der Waals surface area contributed by atoms with Crippen LogP contribution in [0.1, 0.15) is 36.8 Å². The fraction of sp³-hybridized carbons (Fsp3) is 0.375. The molecule has 7 nitrogen and oxygen atoms in total. The summed E-state index contributed by atoms with van der Waals surface area (Å²) in [5.74, 6) is -1.50. The quantitative estimate of drug-likeness (QED) is 0.624. The van der Waals surface area contributed by atoms with Crippen molar-refractivity contribution in [3.8, 4) is 0 Å². The molecule has 3 amide bonds. The van der Waals surface area contributed by atoms with Gasteiger partial charge in [-0.25, -0.2) is 0 Å². The molecule has 4 rings (SSSR count). The molecule has 2 fully saturated rings. The van der Waals surface area contributed by atoms with Crippen molar-refractivity contribution in [3.05, 3.63) is 59.7 Å². The summed E-state index contributed by atoms with van der Waals surface area (Å²) in [7, 11) is 0. The Morgan fingerprint density at radius 1 is 1.13 bits per heavy atom. The van der Waals surface area contributed by atoms with E-state index in [-0.39, 0.29) is 18.4 Å². The maximum absolute atomic E-state index is 12.4. The number of amides is 3. The van der Waals surface area contributed by atoms with Gasteiger partial charge in [0.1, 0.15) is 5.60 Å². The molecule has 0 spiro atoms. The number of aryl methyl sites for hydroxylation is 1. The van der Waals surface area contributed by atoms with E-state index in [4.69, 9.17) is 0 Å². The Bertz CT molecular complexity index is 1000. The normalized spacial score (nSPS) is 17.9. The molecule has 1 atom stereocenters. The molecule has 31 heavy (non-hydrogen) atoms.